The van der Waals surface area contributed by atoms with Crippen molar-refractivity contribution in [2.75, 3.05) is 11.9 Å². The molecule has 0 aromatic carbocycles. The van der Waals surface area contributed by atoms with Crippen LogP contribution in [0.4, 0.5) is 5.82 Å². The molecule has 0 spiro atoms. The summed E-state index contributed by atoms with van der Waals surface area (Å²) in [5, 5.41) is 13.2. The van der Waals surface area contributed by atoms with Crippen molar-refractivity contribution in [3.8, 4) is 0 Å². The number of nitrogens with zero attached hydrogens (tertiary/aromatic N) is 2. The molecule has 2 rings (SSSR count). The van der Waals surface area contributed by atoms with Crippen LogP contribution in [0.2, 0.25) is 0 Å². The highest BCUT2D eigenvalue weighted by Crippen LogP contribution is 2.24. The Kier molecular flexibility index (Phi) is 4.93. The highest BCUT2D eigenvalue weighted by atomic mass is 16.3. The summed E-state index contributed by atoms with van der Waals surface area (Å²) >= 11 is 0. The predicted molar refractivity (Wildman–Crippen MR) is 72.5 cm³/mol. The average molecular weight is 249 g/mol. The Hall–Kier alpha value is -1.16. The SMILES string of the molecule is CCCc1cc(NCC2CCCCC2O)ncn1. The van der Waals surface area contributed by atoms with Crippen molar-refractivity contribution < 1.29 is 5.11 Å². The van der Waals surface area contributed by atoms with Gasteiger partial charge in [-0.3, -0.25) is 0 Å². The molecule has 1 aromatic heterocycles. The third-order valence-electron chi connectivity index (χ3n) is 3.64. The van der Waals surface area contributed by atoms with E-state index in [4.69, 9.17) is 0 Å². The van der Waals surface area contributed by atoms with Crippen molar-refractivity contribution >= 4 is 5.82 Å². The highest BCUT2D eigenvalue weighted by Gasteiger charge is 2.22. The van der Waals surface area contributed by atoms with Crippen LogP contribution < -0.4 is 5.32 Å². The molecular formula is C14H23N3O. The van der Waals surface area contributed by atoms with Crippen LogP contribution in [0.5, 0.6) is 0 Å². The van der Waals surface area contributed by atoms with E-state index in [1.807, 2.05) is 6.07 Å². The van der Waals surface area contributed by atoms with E-state index in [-0.39, 0.29) is 6.10 Å². The van der Waals surface area contributed by atoms with E-state index >= 15 is 0 Å². The Balaban J connectivity index is 1.87. The molecule has 18 heavy (non-hydrogen) atoms. The molecule has 2 unspecified atom stereocenters. The van der Waals surface area contributed by atoms with Crippen molar-refractivity contribution in [2.24, 2.45) is 5.92 Å². The maximum atomic E-state index is 9.91. The summed E-state index contributed by atoms with van der Waals surface area (Å²) in [5.74, 6) is 1.24. The lowest BCUT2D eigenvalue weighted by atomic mass is 9.86. The third-order valence-corrected chi connectivity index (χ3v) is 3.64. The van der Waals surface area contributed by atoms with Crippen LogP contribution in [-0.4, -0.2) is 27.7 Å². The molecule has 1 saturated carbocycles. The zero-order valence-electron chi connectivity index (χ0n) is 11.1. The van der Waals surface area contributed by atoms with Gasteiger partial charge in [0.1, 0.15) is 12.1 Å². The van der Waals surface area contributed by atoms with Gasteiger partial charge in [-0.05, 0) is 19.3 Å². The number of rotatable bonds is 5. The van der Waals surface area contributed by atoms with E-state index in [1.165, 1.54) is 6.42 Å². The van der Waals surface area contributed by atoms with Crippen molar-refractivity contribution in [1.29, 1.82) is 0 Å². The largest absolute Gasteiger partial charge is 0.393 e. The van der Waals surface area contributed by atoms with Crippen LogP contribution in [0.1, 0.15) is 44.7 Å². The normalized spacial score (nSPS) is 23.9. The second-order valence-electron chi connectivity index (χ2n) is 5.14. The fraction of sp³-hybridized carbons (Fsp3) is 0.714. The standard InChI is InChI=1S/C14H23N3O/c1-2-5-12-8-14(17-10-16-12)15-9-11-6-3-4-7-13(11)18/h8,10-11,13,18H,2-7,9H2,1H3,(H,15,16,17). The molecule has 0 saturated heterocycles. The highest BCUT2D eigenvalue weighted by molar-refractivity contribution is 5.34. The summed E-state index contributed by atoms with van der Waals surface area (Å²) in [6, 6.07) is 2.01. The lowest BCUT2D eigenvalue weighted by Crippen LogP contribution is -2.30. The molecule has 4 heteroatoms. The molecule has 2 N–H and O–H groups in total. The zero-order valence-corrected chi connectivity index (χ0v) is 11.1. The van der Waals surface area contributed by atoms with Crippen molar-refractivity contribution in [3.63, 3.8) is 0 Å². The van der Waals surface area contributed by atoms with Crippen LogP contribution in [0.25, 0.3) is 0 Å². The van der Waals surface area contributed by atoms with E-state index in [0.717, 1.165) is 50.2 Å². The molecule has 1 aromatic rings. The first-order chi connectivity index (χ1) is 8.79. The first-order valence-electron chi connectivity index (χ1n) is 7.02. The van der Waals surface area contributed by atoms with E-state index in [9.17, 15) is 5.11 Å². The quantitative estimate of drug-likeness (QED) is 0.841. The second kappa shape index (κ2) is 6.69. The molecule has 0 aliphatic heterocycles. The van der Waals surface area contributed by atoms with Gasteiger partial charge < -0.3 is 10.4 Å². The monoisotopic (exact) mass is 249 g/mol. The van der Waals surface area contributed by atoms with E-state index in [2.05, 4.69) is 22.2 Å². The summed E-state index contributed by atoms with van der Waals surface area (Å²) in [6.45, 7) is 2.96. The minimum Gasteiger partial charge on any atom is -0.393 e. The predicted octanol–water partition coefficient (Wildman–Crippen LogP) is 2.39. The Morgan fingerprint density at radius 2 is 2.17 bits per heavy atom. The number of nitrogens with one attached hydrogen (secondary N) is 1. The van der Waals surface area contributed by atoms with Gasteiger partial charge in [0.05, 0.1) is 6.10 Å². The fourth-order valence-electron chi connectivity index (χ4n) is 2.55. The molecule has 1 aliphatic carbocycles. The molecule has 0 amide bonds. The maximum absolute atomic E-state index is 9.91. The number of aromatic nitrogens is 2. The number of aliphatic hydroxyl groups excluding tert-OH is 1. The molecule has 100 valence electrons. The summed E-state index contributed by atoms with van der Waals surface area (Å²) < 4.78 is 0. The number of aliphatic hydroxyl groups is 1. The molecule has 0 radical (unpaired) electrons. The molecule has 0 bridgehead atoms. The van der Waals surface area contributed by atoms with Crippen LogP contribution in [-0.2, 0) is 6.42 Å². The third kappa shape index (κ3) is 3.67. The molecule has 1 heterocycles. The summed E-state index contributed by atoms with van der Waals surface area (Å²) in [7, 11) is 0. The van der Waals surface area contributed by atoms with E-state index in [0.29, 0.717) is 5.92 Å². The van der Waals surface area contributed by atoms with Gasteiger partial charge in [-0.15, -0.1) is 0 Å². The van der Waals surface area contributed by atoms with Crippen LogP contribution >= 0.6 is 0 Å². The van der Waals surface area contributed by atoms with Gasteiger partial charge in [0, 0.05) is 24.2 Å². The number of aryl methyl sites for hydroxylation is 1. The Bertz CT molecular complexity index is 370. The van der Waals surface area contributed by atoms with Gasteiger partial charge in [0.25, 0.3) is 0 Å². The van der Waals surface area contributed by atoms with Gasteiger partial charge in [0.15, 0.2) is 0 Å². The Labute approximate surface area is 109 Å². The minimum atomic E-state index is -0.150. The summed E-state index contributed by atoms with van der Waals surface area (Å²) in [5.41, 5.74) is 1.08. The topological polar surface area (TPSA) is 58.0 Å². The second-order valence-corrected chi connectivity index (χ2v) is 5.14. The van der Waals surface area contributed by atoms with E-state index < -0.39 is 0 Å². The average Bonchev–Trinajstić information content (AvgIpc) is 2.39. The van der Waals surface area contributed by atoms with Crippen molar-refractivity contribution in [3.05, 3.63) is 18.1 Å². The van der Waals surface area contributed by atoms with E-state index in [1.54, 1.807) is 6.33 Å². The Morgan fingerprint density at radius 1 is 1.33 bits per heavy atom. The number of anilines is 1. The lowest BCUT2D eigenvalue weighted by molar-refractivity contribution is 0.0763. The van der Waals surface area contributed by atoms with Crippen LogP contribution in [0, 0.1) is 5.92 Å². The van der Waals surface area contributed by atoms with Gasteiger partial charge in [0.2, 0.25) is 0 Å². The van der Waals surface area contributed by atoms with Crippen LogP contribution in [0.15, 0.2) is 12.4 Å². The number of hydrogen-bond donors (Lipinski definition) is 2. The minimum absolute atomic E-state index is 0.150. The summed E-state index contributed by atoms with van der Waals surface area (Å²) in [4.78, 5) is 8.47. The molecule has 1 aliphatic rings. The molecule has 1 fully saturated rings. The summed E-state index contributed by atoms with van der Waals surface area (Å²) in [6.07, 6.45) is 7.99. The van der Waals surface area contributed by atoms with Gasteiger partial charge >= 0.3 is 0 Å². The number of hydrogen-bond acceptors (Lipinski definition) is 4. The lowest BCUT2D eigenvalue weighted by Gasteiger charge is -2.27. The van der Waals surface area contributed by atoms with Gasteiger partial charge in [-0.1, -0.05) is 26.2 Å². The van der Waals surface area contributed by atoms with Crippen molar-refractivity contribution in [1.82, 2.24) is 9.97 Å². The van der Waals surface area contributed by atoms with Crippen LogP contribution in [0.3, 0.4) is 0 Å². The molecular weight excluding hydrogens is 226 g/mol. The smallest absolute Gasteiger partial charge is 0.129 e. The first kappa shape index (κ1) is 13.3. The van der Waals surface area contributed by atoms with Gasteiger partial charge in [-0.25, -0.2) is 9.97 Å². The first-order valence-corrected chi connectivity index (χ1v) is 7.02. The maximum Gasteiger partial charge on any atom is 0.129 e. The Morgan fingerprint density at radius 3 is 2.94 bits per heavy atom. The molecule has 2 atom stereocenters. The van der Waals surface area contributed by atoms with Gasteiger partial charge in [-0.2, -0.15) is 0 Å². The van der Waals surface area contributed by atoms with Crippen molar-refractivity contribution in [2.45, 2.75) is 51.6 Å². The fourth-order valence-corrected chi connectivity index (χ4v) is 2.55. The zero-order chi connectivity index (χ0) is 12.8. The molecule has 4 nitrogen and oxygen atoms in total.